The first-order valence-corrected chi connectivity index (χ1v) is 4.93. The highest BCUT2D eigenvalue weighted by Crippen LogP contribution is 2.31. The van der Waals surface area contributed by atoms with Crippen molar-refractivity contribution in [3.8, 4) is 0 Å². The quantitative estimate of drug-likeness (QED) is 0.718. The molecular weight excluding hydrogens is 164 g/mol. The fourth-order valence-corrected chi connectivity index (χ4v) is 2.12. The van der Waals surface area contributed by atoms with Gasteiger partial charge in [0.05, 0.1) is 0 Å². The van der Waals surface area contributed by atoms with Crippen LogP contribution < -0.4 is 0 Å². The number of hydrogen-bond acceptors (Lipinski definition) is 2. The van der Waals surface area contributed by atoms with Gasteiger partial charge in [-0.3, -0.25) is 0 Å². The summed E-state index contributed by atoms with van der Waals surface area (Å²) in [5.74, 6) is 2.60. The SMILES string of the molecule is Cc1c(CO)oc2c1CC[C@@H](C)C2. The van der Waals surface area contributed by atoms with Crippen LogP contribution in [0.5, 0.6) is 0 Å². The molecule has 0 fully saturated rings. The van der Waals surface area contributed by atoms with Gasteiger partial charge in [-0.15, -0.1) is 0 Å². The molecule has 0 saturated heterocycles. The van der Waals surface area contributed by atoms with Gasteiger partial charge in [0.1, 0.15) is 18.1 Å². The van der Waals surface area contributed by atoms with Crippen molar-refractivity contribution in [3.63, 3.8) is 0 Å². The van der Waals surface area contributed by atoms with E-state index in [9.17, 15) is 0 Å². The maximum absolute atomic E-state index is 9.04. The molecule has 2 rings (SSSR count). The third kappa shape index (κ3) is 1.39. The Hall–Kier alpha value is -0.760. The minimum atomic E-state index is 0.0349. The van der Waals surface area contributed by atoms with Crippen LogP contribution in [0.3, 0.4) is 0 Å². The maximum atomic E-state index is 9.04. The molecule has 1 N–H and O–H groups in total. The van der Waals surface area contributed by atoms with Gasteiger partial charge in [-0.05, 0) is 36.8 Å². The molecule has 0 amide bonds. The summed E-state index contributed by atoms with van der Waals surface area (Å²) in [6.45, 7) is 4.33. The Morgan fingerprint density at radius 1 is 1.54 bits per heavy atom. The van der Waals surface area contributed by atoms with Crippen LogP contribution in [0.4, 0.5) is 0 Å². The molecular formula is C11H16O2. The zero-order valence-electron chi connectivity index (χ0n) is 8.26. The van der Waals surface area contributed by atoms with E-state index in [-0.39, 0.29) is 6.61 Å². The van der Waals surface area contributed by atoms with E-state index in [1.807, 2.05) is 6.92 Å². The van der Waals surface area contributed by atoms with Crippen LogP contribution >= 0.6 is 0 Å². The van der Waals surface area contributed by atoms with Crippen molar-refractivity contribution in [1.82, 2.24) is 0 Å². The van der Waals surface area contributed by atoms with Crippen molar-refractivity contribution in [3.05, 3.63) is 22.6 Å². The summed E-state index contributed by atoms with van der Waals surface area (Å²) in [6, 6.07) is 0. The van der Waals surface area contributed by atoms with E-state index >= 15 is 0 Å². The normalized spacial score (nSPS) is 21.6. The predicted octanol–water partition coefficient (Wildman–Crippen LogP) is 2.21. The number of hydrogen-bond donors (Lipinski definition) is 1. The summed E-state index contributed by atoms with van der Waals surface area (Å²) in [5.41, 5.74) is 2.52. The van der Waals surface area contributed by atoms with Crippen LogP contribution in [-0.2, 0) is 19.4 Å². The first kappa shape index (κ1) is 8.82. The van der Waals surface area contributed by atoms with Gasteiger partial charge in [0.25, 0.3) is 0 Å². The third-order valence-electron chi connectivity index (χ3n) is 3.02. The lowest BCUT2D eigenvalue weighted by atomic mass is 9.88. The van der Waals surface area contributed by atoms with Crippen molar-refractivity contribution in [2.24, 2.45) is 5.92 Å². The highest BCUT2D eigenvalue weighted by molar-refractivity contribution is 5.34. The van der Waals surface area contributed by atoms with E-state index in [4.69, 9.17) is 9.52 Å². The summed E-state index contributed by atoms with van der Waals surface area (Å²) in [5, 5.41) is 9.04. The second kappa shape index (κ2) is 3.18. The summed E-state index contributed by atoms with van der Waals surface area (Å²) >= 11 is 0. The first-order chi connectivity index (χ1) is 6.22. The van der Waals surface area contributed by atoms with Crippen molar-refractivity contribution in [2.45, 2.75) is 39.7 Å². The Balaban J connectivity index is 2.39. The molecule has 0 aliphatic heterocycles. The Morgan fingerprint density at radius 3 is 3.00 bits per heavy atom. The Morgan fingerprint density at radius 2 is 2.31 bits per heavy atom. The molecule has 2 heteroatoms. The minimum absolute atomic E-state index is 0.0349. The van der Waals surface area contributed by atoms with Gasteiger partial charge >= 0.3 is 0 Å². The molecule has 0 bridgehead atoms. The molecule has 0 spiro atoms. The Bertz CT molecular complexity index is 312. The molecule has 0 unspecified atom stereocenters. The molecule has 1 atom stereocenters. The van der Waals surface area contributed by atoms with Gasteiger partial charge in [-0.25, -0.2) is 0 Å². The van der Waals surface area contributed by atoms with Crippen molar-refractivity contribution in [2.75, 3.05) is 0 Å². The van der Waals surface area contributed by atoms with E-state index in [1.54, 1.807) is 0 Å². The number of fused-ring (bicyclic) bond motifs is 1. The summed E-state index contributed by atoms with van der Waals surface area (Å²) in [6.07, 6.45) is 3.40. The number of rotatable bonds is 1. The van der Waals surface area contributed by atoms with Crippen LogP contribution in [0, 0.1) is 12.8 Å². The predicted molar refractivity (Wildman–Crippen MR) is 50.6 cm³/mol. The van der Waals surface area contributed by atoms with Crippen LogP contribution in [-0.4, -0.2) is 5.11 Å². The highest BCUT2D eigenvalue weighted by Gasteiger charge is 2.22. The van der Waals surface area contributed by atoms with Crippen LogP contribution in [0.1, 0.15) is 36.0 Å². The highest BCUT2D eigenvalue weighted by atomic mass is 16.4. The lowest BCUT2D eigenvalue weighted by molar-refractivity contribution is 0.240. The number of furan rings is 1. The Labute approximate surface area is 78.6 Å². The molecule has 1 aromatic rings. The van der Waals surface area contributed by atoms with Gasteiger partial charge < -0.3 is 9.52 Å². The van der Waals surface area contributed by atoms with Gasteiger partial charge in [-0.1, -0.05) is 6.92 Å². The van der Waals surface area contributed by atoms with Crippen molar-refractivity contribution in [1.29, 1.82) is 0 Å². The summed E-state index contributed by atoms with van der Waals surface area (Å²) in [4.78, 5) is 0. The van der Waals surface area contributed by atoms with Gasteiger partial charge in [0.15, 0.2) is 0 Å². The Kier molecular flexibility index (Phi) is 2.16. The lowest BCUT2D eigenvalue weighted by Crippen LogP contribution is -2.09. The average molecular weight is 180 g/mol. The zero-order chi connectivity index (χ0) is 9.42. The third-order valence-corrected chi connectivity index (χ3v) is 3.02. The second-order valence-electron chi connectivity index (χ2n) is 4.06. The summed E-state index contributed by atoms with van der Waals surface area (Å²) < 4.78 is 5.61. The van der Waals surface area contributed by atoms with E-state index in [2.05, 4.69) is 6.92 Å². The van der Waals surface area contributed by atoms with Gasteiger partial charge in [0.2, 0.25) is 0 Å². The number of aliphatic hydroxyl groups is 1. The zero-order valence-corrected chi connectivity index (χ0v) is 8.26. The van der Waals surface area contributed by atoms with Crippen molar-refractivity contribution < 1.29 is 9.52 Å². The topological polar surface area (TPSA) is 33.4 Å². The molecule has 1 heterocycles. The maximum Gasteiger partial charge on any atom is 0.132 e. The molecule has 1 aliphatic rings. The van der Waals surface area contributed by atoms with Crippen molar-refractivity contribution >= 4 is 0 Å². The van der Waals surface area contributed by atoms with E-state index in [0.29, 0.717) is 0 Å². The van der Waals surface area contributed by atoms with E-state index in [1.165, 1.54) is 17.5 Å². The standard InChI is InChI=1S/C11H16O2/c1-7-3-4-9-8(2)11(6-12)13-10(9)5-7/h7,12H,3-6H2,1-2H3/t7-/m1/s1. The van der Waals surface area contributed by atoms with Crippen LogP contribution in [0.2, 0.25) is 0 Å². The van der Waals surface area contributed by atoms with E-state index in [0.717, 1.165) is 30.3 Å². The molecule has 0 saturated carbocycles. The molecule has 0 radical (unpaired) electrons. The lowest BCUT2D eigenvalue weighted by Gasteiger charge is -2.16. The van der Waals surface area contributed by atoms with Gasteiger partial charge in [-0.2, -0.15) is 0 Å². The molecule has 1 aromatic heterocycles. The molecule has 72 valence electrons. The van der Waals surface area contributed by atoms with Crippen LogP contribution in [0.25, 0.3) is 0 Å². The fourth-order valence-electron chi connectivity index (χ4n) is 2.12. The minimum Gasteiger partial charge on any atom is -0.463 e. The van der Waals surface area contributed by atoms with E-state index < -0.39 is 0 Å². The average Bonchev–Trinajstić information content (AvgIpc) is 2.42. The fraction of sp³-hybridized carbons (Fsp3) is 0.636. The van der Waals surface area contributed by atoms with Crippen LogP contribution in [0.15, 0.2) is 4.42 Å². The molecule has 0 aromatic carbocycles. The number of aliphatic hydroxyl groups excluding tert-OH is 1. The van der Waals surface area contributed by atoms with Gasteiger partial charge in [0, 0.05) is 6.42 Å². The second-order valence-corrected chi connectivity index (χ2v) is 4.06. The molecule has 13 heavy (non-hydrogen) atoms. The molecule has 2 nitrogen and oxygen atoms in total. The smallest absolute Gasteiger partial charge is 0.132 e. The first-order valence-electron chi connectivity index (χ1n) is 4.93. The largest absolute Gasteiger partial charge is 0.463 e. The summed E-state index contributed by atoms with van der Waals surface area (Å²) in [7, 11) is 0. The molecule has 1 aliphatic carbocycles. The monoisotopic (exact) mass is 180 g/mol.